The number of carbonyl (C=O) groups is 1. The van der Waals surface area contributed by atoms with Crippen molar-refractivity contribution >= 4 is 33.4 Å². The van der Waals surface area contributed by atoms with Crippen LogP contribution in [0.4, 0.5) is 9.18 Å². The van der Waals surface area contributed by atoms with Crippen LogP contribution in [0.3, 0.4) is 0 Å². The summed E-state index contributed by atoms with van der Waals surface area (Å²) >= 11 is 4.55. The molecule has 1 aromatic carbocycles. The molecule has 0 aliphatic carbocycles. The molecule has 3 rings (SSSR count). The van der Waals surface area contributed by atoms with E-state index in [1.165, 1.54) is 29.5 Å². The molecule has 1 amide bonds. The Balaban J connectivity index is 2.27. The van der Waals surface area contributed by atoms with Crippen LogP contribution < -0.4 is 5.32 Å². The summed E-state index contributed by atoms with van der Waals surface area (Å²) in [4.78, 5) is 16.1. The third-order valence-electron chi connectivity index (χ3n) is 3.64. The molecule has 1 atom stereocenters. The fourth-order valence-electron chi connectivity index (χ4n) is 2.65. The van der Waals surface area contributed by atoms with Gasteiger partial charge in [0.1, 0.15) is 11.4 Å². The van der Waals surface area contributed by atoms with Crippen LogP contribution in [0, 0.1) is 19.7 Å². The number of hydrogen-bond acceptors (Lipinski definition) is 5. The van der Waals surface area contributed by atoms with Crippen molar-refractivity contribution in [2.75, 3.05) is 0 Å². The maximum absolute atomic E-state index is 14.5. The average Bonchev–Trinajstić information content (AvgIpc) is 3.13. The zero-order valence-electron chi connectivity index (χ0n) is 12.9. The molecular weight excluding hydrogens is 413 g/mol. The van der Waals surface area contributed by atoms with E-state index in [0.717, 1.165) is 0 Å². The fourth-order valence-corrected chi connectivity index (χ4v) is 3.90. The minimum atomic E-state index is -1.65. The highest BCUT2D eigenvalue weighted by molar-refractivity contribution is 9.11. The molecule has 6 nitrogen and oxygen atoms in total. The van der Waals surface area contributed by atoms with Crippen LogP contribution in [0.15, 0.2) is 38.9 Å². The van der Waals surface area contributed by atoms with E-state index in [0.29, 0.717) is 20.1 Å². The second kappa shape index (κ2) is 6.57. The average molecular weight is 425 g/mol. The standard InChI is InChI=1S/C16H12BrFN3O3S/c1-8-12(13(24-21-8)11-7-19-14(17)25-11)16(2,20-15(22)23)9-5-3-4-6-10(9)18/h3-7,20H,2H2,1H3,(H,22,23). The predicted molar refractivity (Wildman–Crippen MR) is 93.7 cm³/mol. The first-order valence-electron chi connectivity index (χ1n) is 7.03. The topological polar surface area (TPSA) is 88.2 Å². The van der Waals surface area contributed by atoms with Crippen molar-refractivity contribution in [1.29, 1.82) is 0 Å². The summed E-state index contributed by atoms with van der Waals surface area (Å²) in [6, 6.07) is 5.83. The summed E-state index contributed by atoms with van der Waals surface area (Å²) in [5.74, 6) is -0.309. The lowest BCUT2D eigenvalue weighted by Gasteiger charge is -2.30. The van der Waals surface area contributed by atoms with E-state index >= 15 is 0 Å². The van der Waals surface area contributed by atoms with Gasteiger partial charge in [-0.25, -0.2) is 14.2 Å². The third kappa shape index (κ3) is 3.16. The van der Waals surface area contributed by atoms with E-state index in [-0.39, 0.29) is 11.3 Å². The molecule has 2 N–H and O–H groups in total. The molecule has 0 aliphatic heterocycles. The van der Waals surface area contributed by atoms with E-state index in [9.17, 15) is 14.3 Å². The minimum Gasteiger partial charge on any atom is -0.465 e. The first-order chi connectivity index (χ1) is 11.8. The van der Waals surface area contributed by atoms with Crippen LogP contribution in [0.25, 0.3) is 10.6 Å². The number of benzene rings is 1. The molecule has 0 fully saturated rings. The molecule has 0 bridgehead atoms. The second-order valence-electron chi connectivity index (χ2n) is 5.26. The molecular formula is C16H12BrFN3O3S. The molecule has 2 aromatic heterocycles. The van der Waals surface area contributed by atoms with E-state index in [1.807, 2.05) is 0 Å². The minimum absolute atomic E-state index is 0.0635. The van der Waals surface area contributed by atoms with Crippen LogP contribution >= 0.6 is 27.3 Å². The lowest BCUT2D eigenvalue weighted by Crippen LogP contribution is -2.45. The normalized spacial score (nSPS) is 13.4. The number of aromatic nitrogens is 2. The highest BCUT2D eigenvalue weighted by Crippen LogP contribution is 2.41. The second-order valence-corrected chi connectivity index (χ2v) is 7.57. The highest BCUT2D eigenvalue weighted by atomic mass is 79.9. The first kappa shape index (κ1) is 17.6. The summed E-state index contributed by atoms with van der Waals surface area (Å²) in [7, 11) is 0. The molecule has 25 heavy (non-hydrogen) atoms. The van der Waals surface area contributed by atoms with Crippen molar-refractivity contribution in [1.82, 2.24) is 15.5 Å². The van der Waals surface area contributed by atoms with Crippen LogP contribution in [0.2, 0.25) is 0 Å². The zero-order valence-corrected chi connectivity index (χ0v) is 15.3. The lowest BCUT2D eigenvalue weighted by molar-refractivity contribution is 0.186. The molecule has 0 saturated carbocycles. The number of aryl methyl sites for hydroxylation is 1. The number of carboxylic acid groups (broad SMARTS) is 1. The van der Waals surface area contributed by atoms with Crippen LogP contribution in [0.5, 0.6) is 0 Å². The number of nitrogens with zero attached hydrogens (tertiary/aromatic N) is 2. The smallest absolute Gasteiger partial charge is 0.405 e. The molecule has 0 aliphatic rings. The Hall–Kier alpha value is -2.26. The maximum atomic E-state index is 14.5. The van der Waals surface area contributed by atoms with Gasteiger partial charge in [-0.05, 0) is 35.8 Å². The van der Waals surface area contributed by atoms with Gasteiger partial charge in [0.2, 0.25) is 0 Å². The van der Waals surface area contributed by atoms with Crippen molar-refractivity contribution < 1.29 is 18.8 Å². The van der Waals surface area contributed by atoms with Crippen LogP contribution in [-0.2, 0) is 5.54 Å². The summed E-state index contributed by atoms with van der Waals surface area (Å²) in [6.07, 6.45) is 0.205. The van der Waals surface area contributed by atoms with Crippen molar-refractivity contribution in [3.8, 4) is 10.6 Å². The Bertz CT molecular complexity index is 942. The number of halogens is 2. The Morgan fingerprint density at radius 1 is 1.48 bits per heavy atom. The molecule has 9 heteroatoms. The van der Waals surface area contributed by atoms with E-state index in [2.05, 4.69) is 38.3 Å². The van der Waals surface area contributed by atoms with E-state index in [4.69, 9.17) is 4.52 Å². The zero-order chi connectivity index (χ0) is 18.2. The van der Waals surface area contributed by atoms with Crippen molar-refractivity contribution in [2.24, 2.45) is 0 Å². The van der Waals surface area contributed by atoms with Gasteiger partial charge in [-0.2, -0.15) is 0 Å². The van der Waals surface area contributed by atoms with Crippen LogP contribution in [-0.4, -0.2) is 21.3 Å². The molecule has 0 spiro atoms. The maximum Gasteiger partial charge on any atom is 0.405 e. The lowest BCUT2D eigenvalue weighted by atomic mass is 9.82. The highest BCUT2D eigenvalue weighted by Gasteiger charge is 2.40. The molecule has 2 heterocycles. The number of thiazole rings is 1. The molecule has 1 unspecified atom stereocenters. The third-order valence-corrected chi connectivity index (χ3v) is 5.12. The Morgan fingerprint density at radius 2 is 2.20 bits per heavy atom. The van der Waals surface area contributed by atoms with Gasteiger partial charge in [-0.1, -0.05) is 23.4 Å². The number of rotatable bonds is 4. The van der Waals surface area contributed by atoms with Crippen molar-refractivity contribution in [3.05, 3.63) is 63.9 Å². The summed E-state index contributed by atoms with van der Waals surface area (Å²) in [5, 5.41) is 15.6. The van der Waals surface area contributed by atoms with Gasteiger partial charge in [0.05, 0.1) is 22.3 Å². The van der Waals surface area contributed by atoms with E-state index < -0.39 is 17.4 Å². The van der Waals surface area contributed by atoms with Crippen LogP contribution in [0.1, 0.15) is 16.8 Å². The first-order valence-corrected chi connectivity index (χ1v) is 8.64. The molecule has 0 saturated heterocycles. The number of hydrogen-bond donors (Lipinski definition) is 2. The van der Waals surface area contributed by atoms with Gasteiger partial charge < -0.3 is 14.9 Å². The van der Waals surface area contributed by atoms with Gasteiger partial charge in [0, 0.05) is 5.56 Å². The van der Waals surface area contributed by atoms with Gasteiger partial charge in [-0.3, -0.25) is 0 Å². The van der Waals surface area contributed by atoms with Gasteiger partial charge in [-0.15, -0.1) is 11.3 Å². The molecule has 1 radical (unpaired) electrons. The van der Waals surface area contributed by atoms with Gasteiger partial charge >= 0.3 is 6.09 Å². The SMILES string of the molecule is [CH2]C(NC(=O)O)(c1ccccc1F)c1c(C)noc1-c1cnc(Br)s1. The number of nitrogens with one attached hydrogen (secondary N) is 1. The monoisotopic (exact) mass is 424 g/mol. The largest absolute Gasteiger partial charge is 0.465 e. The Morgan fingerprint density at radius 3 is 2.80 bits per heavy atom. The molecule has 129 valence electrons. The fraction of sp³-hybridized carbons (Fsp3) is 0.125. The summed E-state index contributed by atoms with van der Waals surface area (Å²) in [5.41, 5.74) is -0.858. The van der Waals surface area contributed by atoms with Crippen molar-refractivity contribution in [3.63, 3.8) is 0 Å². The quantitative estimate of drug-likeness (QED) is 0.649. The Kier molecular flexibility index (Phi) is 4.61. The number of amides is 1. The van der Waals surface area contributed by atoms with Gasteiger partial charge in [0.15, 0.2) is 9.68 Å². The van der Waals surface area contributed by atoms with E-state index in [1.54, 1.807) is 19.2 Å². The molecule has 3 aromatic rings. The van der Waals surface area contributed by atoms with Gasteiger partial charge in [0.25, 0.3) is 0 Å². The predicted octanol–water partition coefficient (Wildman–Crippen LogP) is 4.35. The van der Waals surface area contributed by atoms with Crippen molar-refractivity contribution in [2.45, 2.75) is 12.5 Å². The summed E-state index contributed by atoms with van der Waals surface area (Å²) < 4.78 is 20.5. The summed E-state index contributed by atoms with van der Waals surface area (Å²) in [6.45, 7) is 5.62. The Labute approximate surface area is 154 Å².